The summed E-state index contributed by atoms with van der Waals surface area (Å²) < 4.78 is 4.74. The van der Waals surface area contributed by atoms with E-state index in [4.69, 9.17) is 0 Å². The lowest BCUT2D eigenvalue weighted by atomic mass is 9.97. The zero-order chi connectivity index (χ0) is 17.2. The highest BCUT2D eigenvalue weighted by Crippen LogP contribution is 2.34. The van der Waals surface area contributed by atoms with Crippen LogP contribution in [0.3, 0.4) is 0 Å². The Labute approximate surface area is 149 Å². The molecule has 0 unspecified atom stereocenters. The molecule has 124 valence electrons. The van der Waals surface area contributed by atoms with E-state index in [-0.39, 0.29) is 0 Å². The van der Waals surface area contributed by atoms with Gasteiger partial charge in [0, 0.05) is 11.1 Å². The lowest BCUT2D eigenvalue weighted by Gasteiger charge is -2.08. The van der Waals surface area contributed by atoms with Crippen LogP contribution >= 0.6 is 0 Å². The maximum atomic E-state index is 2.37. The van der Waals surface area contributed by atoms with Gasteiger partial charge in [-0.25, -0.2) is 9.13 Å². The van der Waals surface area contributed by atoms with E-state index >= 15 is 0 Å². The number of hydrogen-bond donors (Lipinski definition) is 0. The van der Waals surface area contributed by atoms with Gasteiger partial charge in [-0.2, -0.15) is 0 Å². The molecule has 0 amide bonds. The topological polar surface area (TPSA) is 8.81 Å². The molecule has 3 aromatic carbocycles. The monoisotopic (exact) mass is 327 g/mol. The van der Waals surface area contributed by atoms with Gasteiger partial charge in [-0.15, -0.1) is 0 Å². The van der Waals surface area contributed by atoms with Crippen LogP contribution in [0.1, 0.15) is 13.8 Å². The summed E-state index contributed by atoms with van der Waals surface area (Å²) in [7, 11) is 0. The lowest BCUT2D eigenvalue weighted by molar-refractivity contribution is -0.668. The largest absolute Gasteiger partial charge is 0.244 e. The minimum Gasteiger partial charge on any atom is -0.230 e. The molecule has 0 spiro atoms. The summed E-state index contributed by atoms with van der Waals surface area (Å²) in [6, 6.07) is 25.9. The van der Waals surface area contributed by atoms with Crippen LogP contribution in [0.2, 0.25) is 0 Å². The van der Waals surface area contributed by atoms with E-state index < -0.39 is 0 Å². The molecular weight excluding hydrogens is 304 g/mol. The molecule has 0 aliphatic heterocycles. The summed E-state index contributed by atoms with van der Waals surface area (Å²) >= 11 is 0. The molecule has 1 heterocycles. The zero-order valence-corrected chi connectivity index (χ0v) is 14.8. The summed E-state index contributed by atoms with van der Waals surface area (Å²) in [5, 5.41) is 0. The SMILES string of the molecule is CCn1c[n+](CC)c2c(-c3ccccc3)ccc(-c3ccccc3)c21. The summed E-state index contributed by atoms with van der Waals surface area (Å²) in [6.07, 6.45) is 2.25. The van der Waals surface area contributed by atoms with Gasteiger partial charge in [0.25, 0.3) is 0 Å². The first-order chi connectivity index (χ1) is 12.3. The van der Waals surface area contributed by atoms with E-state index in [9.17, 15) is 0 Å². The molecule has 0 radical (unpaired) electrons. The average Bonchev–Trinajstić information content (AvgIpc) is 3.07. The molecular formula is C23H23N2+. The van der Waals surface area contributed by atoms with Crippen molar-refractivity contribution in [1.82, 2.24) is 4.57 Å². The van der Waals surface area contributed by atoms with Crippen molar-refractivity contribution >= 4 is 11.0 Å². The Morgan fingerprint density at radius 2 is 1.28 bits per heavy atom. The fraction of sp³-hybridized carbons (Fsp3) is 0.174. The maximum Gasteiger partial charge on any atom is 0.244 e. The second-order valence-electron chi connectivity index (χ2n) is 6.28. The van der Waals surface area contributed by atoms with Gasteiger partial charge >= 0.3 is 0 Å². The van der Waals surface area contributed by atoms with Crippen molar-refractivity contribution in [1.29, 1.82) is 0 Å². The van der Waals surface area contributed by atoms with Gasteiger partial charge in [0.1, 0.15) is 0 Å². The summed E-state index contributed by atoms with van der Waals surface area (Å²) in [5.41, 5.74) is 7.76. The first-order valence-corrected chi connectivity index (χ1v) is 8.99. The van der Waals surface area contributed by atoms with Gasteiger partial charge in [-0.1, -0.05) is 60.7 Å². The molecule has 0 saturated heterocycles. The van der Waals surface area contributed by atoms with Gasteiger partial charge < -0.3 is 0 Å². The van der Waals surface area contributed by atoms with Crippen molar-refractivity contribution in [3.63, 3.8) is 0 Å². The Morgan fingerprint density at radius 3 is 1.84 bits per heavy atom. The van der Waals surface area contributed by atoms with Crippen molar-refractivity contribution in [3.05, 3.63) is 79.1 Å². The van der Waals surface area contributed by atoms with E-state index in [0.29, 0.717) is 0 Å². The Hall–Kier alpha value is -2.87. The fourth-order valence-corrected chi connectivity index (χ4v) is 3.63. The molecule has 0 fully saturated rings. The van der Waals surface area contributed by atoms with Crippen molar-refractivity contribution in [3.8, 4) is 22.3 Å². The minimum absolute atomic E-state index is 0.960. The van der Waals surface area contributed by atoms with Gasteiger partial charge in [-0.3, -0.25) is 0 Å². The van der Waals surface area contributed by atoms with Crippen LogP contribution in [-0.4, -0.2) is 4.57 Å². The van der Waals surface area contributed by atoms with E-state index in [1.165, 1.54) is 33.3 Å². The van der Waals surface area contributed by atoms with Crippen molar-refractivity contribution in [2.45, 2.75) is 26.9 Å². The molecule has 2 nitrogen and oxygen atoms in total. The van der Waals surface area contributed by atoms with Crippen LogP contribution in [0.5, 0.6) is 0 Å². The van der Waals surface area contributed by atoms with Gasteiger partial charge in [-0.05, 0) is 37.1 Å². The van der Waals surface area contributed by atoms with Crippen LogP contribution < -0.4 is 4.57 Å². The number of nitrogens with zero attached hydrogens (tertiary/aromatic N) is 2. The molecule has 0 N–H and O–H groups in total. The Kier molecular flexibility index (Phi) is 4.10. The van der Waals surface area contributed by atoms with Crippen molar-refractivity contribution in [2.75, 3.05) is 0 Å². The van der Waals surface area contributed by atoms with E-state index in [1.807, 2.05) is 0 Å². The maximum absolute atomic E-state index is 2.37. The van der Waals surface area contributed by atoms with Gasteiger partial charge in [0.15, 0.2) is 11.0 Å². The molecule has 0 atom stereocenters. The standard InChI is InChI=1S/C23H23N2/c1-3-24-17-25(4-2)23-21(19-13-9-6-10-14-19)16-15-20(22(23)24)18-11-7-5-8-12-18/h5-17H,3-4H2,1-2H3/q+1. The first kappa shape index (κ1) is 15.6. The third-order valence-electron chi connectivity index (χ3n) is 4.86. The van der Waals surface area contributed by atoms with Crippen LogP contribution in [0.15, 0.2) is 79.1 Å². The predicted molar refractivity (Wildman–Crippen MR) is 104 cm³/mol. The zero-order valence-electron chi connectivity index (χ0n) is 14.8. The summed E-state index contributed by atoms with van der Waals surface area (Å²) in [5.74, 6) is 0. The number of fused-ring (bicyclic) bond motifs is 1. The minimum atomic E-state index is 0.960. The number of aromatic nitrogens is 2. The molecule has 0 aliphatic carbocycles. The second kappa shape index (κ2) is 6.56. The highest BCUT2D eigenvalue weighted by molar-refractivity contribution is 5.99. The van der Waals surface area contributed by atoms with Crippen LogP contribution in [0, 0.1) is 0 Å². The highest BCUT2D eigenvalue weighted by Gasteiger charge is 2.22. The molecule has 25 heavy (non-hydrogen) atoms. The smallest absolute Gasteiger partial charge is 0.230 e. The molecule has 2 heteroatoms. The number of rotatable bonds is 4. The third-order valence-corrected chi connectivity index (χ3v) is 4.86. The first-order valence-electron chi connectivity index (χ1n) is 8.99. The van der Waals surface area contributed by atoms with E-state index in [0.717, 1.165) is 13.1 Å². The molecule has 4 rings (SSSR count). The third kappa shape index (κ3) is 2.64. The van der Waals surface area contributed by atoms with Crippen LogP contribution in [0.4, 0.5) is 0 Å². The van der Waals surface area contributed by atoms with E-state index in [1.54, 1.807) is 0 Å². The number of benzene rings is 3. The average molecular weight is 327 g/mol. The molecule has 1 aromatic heterocycles. The molecule has 0 aliphatic rings. The fourth-order valence-electron chi connectivity index (χ4n) is 3.63. The Balaban J connectivity index is 2.09. The molecule has 4 aromatic rings. The van der Waals surface area contributed by atoms with Crippen molar-refractivity contribution in [2.24, 2.45) is 0 Å². The highest BCUT2D eigenvalue weighted by atomic mass is 15.1. The Morgan fingerprint density at radius 1 is 0.720 bits per heavy atom. The van der Waals surface area contributed by atoms with Crippen LogP contribution in [0.25, 0.3) is 33.3 Å². The summed E-state index contributed by atoms with van der Waals surface area (Å²) in [6.45, 7) is 6.34. The molecule has 0 bridgehead atoms. The predicted octanol–water partition coefficient (Wildman–Crippen LogP) is 5.30. The number of hydrogen-bond acceptors (Lipinski definition) is 0. The quantitative estimate of drug-likeness (QED) is 0.450. The number of imidazole rings is 1. The Bertz CT molecular complexity index is 917. The second-order valence-corrected chi connectivity index (χ2v) is 6.28. The number of aryl methyl sites for hydroxylation is 2. The lowest BCUT2D eigenvalue weighted by Crippen LogP contribution is -2.30. The van der Waals surface area contributed by atoms with Gasteiger partial charge in [0.05, 0.1) is 13.1 Å². The van der Waals surface area contributed by atoms with E-state index in [2.05, 4.69) is 102 Å². The van der Waals surface area contributed by atoms with Crippen molar-refractivity contribution < 1.29 is 4.57 Å². The summed E-state index contributed by atoms with van der Waals surface area (Å²) in [4.78, 5) is 0. The normalized spacial score (nSPS) is 11.1. The molecule has 0 saturated carbocycles. The van der Waals surface area contributed by atoms with Crippen LogP contribution in [-0.2, 0) is 13.1 Å². The van der Waals surface area contributed by atoms with Gasteiger partial charge in [0.2, 0.25) is 6.33 Å².